The third kappa shape index (κ3) is 1.86. The summed E-state index contributed by atoms with van der Waals surface area (Å²) in [5.41, 5.74) is 0.926. The summed E-state index contributed by atoms with van der Waals surface area (Å²) in [6.07, 6.45) is 5.30. The van der Waals surface area contributed by atoms with Gasteiger partial charge in [0.2, 0.25) is 5.95 Å². The van der Waals surface area contributed by atoms with Gasteiger partial charge in [-0.05, 0) is 30.9 Å². The van der Waals surface area contributed by atoms with Gasteiger partial charge >= 0.3 is 0 Å². The number of aromatic nitrogens is 1. The zero-order valence-electron chi connectivity index (χ0n) is 8.33. The van der Waals surface area contributed by atoms with E-state index in [1.54, 1.807) is 12.3 Å². The van der Waals surface area contributed by atoms with Gasteiger partial charge in [0.25, 0.3) is 0 Å². The third-order valence-electron chi connectivity index (χ3n) is 3.02. The van der Waals surface area contributed by atoms with Crippen molar-refractivity contribution in [1.82, 2.24) is 4.98 Å². The summed E-state index contributed by atoms with van der Waals surface area (Å²) in [5, 5.41) is 3.38. The summed E-state index contributed by atoms with van der Waals surface area (Å²) >= 11 is 0. The van der Waals surface area contributed by atoms with Gasteiger partial charge in [-0.15, -0.1) is 0 Å². The number of nitrogens with zero attached hydrogens (tertiary/aromatic N) is 1. The van der Waals surface area contributed by atoms with Crippen LogP contribution in [-0.4, -0.2) is 11.0 Å². The fourth-order valence-electron chi connectivity index (χ4n) is 1.92. The Kier molecular flexibility index (Phi) is 2.66. The Labute approximate surface area is 83.6 Å². The molecule has 1 N–H and O–H groups in total. The molecule has 1 fully saturated rings. The van der Waals surface area contributed by atoms with Crippen LogP contribution in [-0.2, 0) is 0 Å². The number of anilines is 1. The minimum Gasteiger partial charge on any atom is -0.381 e. The van der Waals surface area contributed by atoms with Crippen molar-refractivity contribution in [2.24, 2.45) is 5.92 Å². The standard InChI is InChI=1S/C11H15FN2/c1-2-8-3-5-10(8)14-9-4-6-11(12)13-7-9/h4,6-8,10,14H,2-3,5H2,1H3. The molecule has 0 radical (unpaired) electrons. The summed E-state index contributed by atoms with van der Waals surface area (Å²) in [4.78, 5) is 3.61. The lowest BCUT2D eigenvalue weighted by Crippen LogP contribution is -2.37. The highest BCUT2D eigenvalue weighted by atomic mass is 19.1. The average molecular weight is 194 g/mol. The van der Waals surface area contributed by atoms with Crippen LogP contribution >= 0.6 is 0 Å². The molecule has 2 unspecified atom stereocenters. The van der Waals surface area contributed by atoms with Crippen LogP contribution in [0, 0.1) is 11.9 Å². The number of pyridine rings is 1. The molecule has 2 rings (SSSR count). The molecule has 1 aliphatic carbocycles. The van der Waals surface area contributed by atoms with Gasteiger partial charge in [0.05, 0.1) is 11.9 Å². The molecule has 0 spiro atoms. The minimum atomic E-state index is -0.420. The molecular formula is C11H15FN2. The van der Waals surface area contributed by atoms with E-state index in [-0.39, 0.29) is 0 Å². The fourth-order valence-corrected chi connectivity index (χ4v) is 1.92. The molecule has 0 amide bonds. The van der Waals surface area contributed by atoms with E-state index in [1.807, 2.05) is 0 Å². The molecule has 1 aliphatic rings. The molecule has 2 nitrogen and oxygen atoms in total. The molecule has 76 valence electrons. The highest BCUT2D eigenvalue weighted by Gasteiger charge is 2.28. The van der Waals surface area contributed by atoms with Gasteiger partial charge in [0.15, 0.2) is 0 Å². The number of halogens is 1. The van der Waals surface area contributed by atoms with Crippen molar-refractivity contribution < 1.29 is 4.39 Å². The highest BCUT2D eigenvalue weighted by molar-refractivity contribution is 5.41. The first-order valence-corrected chi connectivity index (χ1v) is 5.17. The summed E-state index contributed by atoms with van der Waals surface area (Å²) in [7, 11) is 0. The van der Waals surface area contributed by atoms with E-state index in [4.69, 9.17) is 0 Å². The molecule has 2 atom stereocenters. The number of nitrogens with one attached hydrogen (secondary N) is 1. The number of hydrogen-bond donors (Lipinski definition) is 1. The van der Waals surface area contributed by atoms with Crippen molar-refractivity contribution in [3.8, 4) is 0 Å². The van der Waals surface area contributed by atoms with Gasteiger partial charge in [-0.3, -0.25) is 0 Å². The van der Waals surface area contributed by atoms with Crippen molar-refractivity contribution in [3.63, 3.8) is 0 Å². The molecular weight excluding hydrogens is 179 g/mol. The van der Waals surface area contributed by atoms with Crippen LogP contribution in [0.4, 0.5) is 10.1 Å². The number of rotatable bonds is 3. The van der Waals surface area contributed by atoms with Crippen LogP contribution in [0.1, 0.15) is 26.2 Å². The maximum atomic E-state index is 12.5. The Hall–Kier alpha value is -1.12. The quantitative estimate of drug-likeness (QED) is 0.748. The highest BCUT2D eigenvalue weighted by Crippen LogP contribution is 2.32. The van der Waals surface area contributed by atoms with Crippen molar-refractivity contribution in [2.45, 2.75) is 32.2 Å². The van der Waals surface area contributed by atoms with Crippen LogP contribution < -0.4 is 5.32 Å². The van der Waals surface area contributed by atoms with Crippen LogP contribution in [0.5, 0.6) is 0 Å². The van der Waals surface area contributed by atoms with Crippen LogP contribution in [0.15, 0.2) is 18.3 Å². The molecule has 0 aromatic carbocycles. The zero-order valence-corrected chi connectivity index (χ0v) is 8.33. The molecule has 3 heteroatoms. The Balaban J connectivity index is 1.94. The Morgan fingerprint density at radius 2 is 2.36 bits per heavy atom. The van der Waals surface area contributed by atoms with E-state index < -0.39 is 5.95 Å². The van der Waals surface area contributed by atoms with Gasteiger partial charge in [0.1, 0.15) is 0 Å². The second-order valence-electron chi connectivity index (χ2n) is 3.87. The first-order chi connectivity index (χ1) is 6.79. The SMILES string of the molecule is CCC1CCC1Nc1ccc(F)nc1. The summed E-state index contributed by atoms with van der Waals surface area (Å²) < 4.78 is 12.5. The normalized spacial score (nSPS) is 25.6. The number of hydrogen-bond acceptors (Lipinski definition) is 2. The second-order valence-corrected chi connectivity index (χ2v) is 3.87. The van der Waals surface area contributed by atoms with Crippen LogP contribution in [0.2, 0.25) is 0 Å². The van der Waals surface area contributed by atoms with Crippen LogP contribution in [0.25, 0.3) is 0 Å². The van der Waals surface area contributed by atoms with Crippen molar-refractivity contribution in [1.29, 1.82) is 0 Å². The van der Waals surface area contributed by atoms with Gasteiger partial charge in [0, 0.05) is 6.04 Å². The smallest absolute Gasteiger partial charge is 0.212 e. The van der Waals surface area contributed by atoms with Gasteiger partial charge in [-0.1, -0.05) is 13.3 Å². The van der Waals surface area contributed by atoms with E-state index in [2.05, 4.69) is 17.2 Å². The molecule has 1 aromatic heterocycles. The van der Waals surface area contributed by atoms with Crippen molar-refractivity contribution in [3.05, 3.63) is 24.3 Å². The monoisotopic (exact) mass is 194 g/mol. The molecule has 0 bridgehead atoms. The predicted molar refractivity (Wildman–Crippen MR) is 54.6 cm³/mol. The lowest BCUT2D eigenvalue weighted by atomic mass is 9.78. The maximum Gasteiger partial charge on any atom is 0.212 e. The van der Waals surface area contributed by atoms with Crippen molar-refractivity contribution >= 4 is 5.69 Å². The summed E-state index contributed by atoms with van der Waals surface area (Å²) in [5.74, 6) is 0.358. The predicted octanol–water partition coefficient (Wildman–Crippen LogP) is 2.82. The minimum absolute atomic E-state index is 0.420. The molecule has 1 heterocycles. The van der Waals surface area contributed by atoms with E-state index in [0.29, 0.717) is 6.04 Å². The fraction of sp³-hybridized carbons (Fsp3) is 0.545. The molecule has 1 saturated carbocycles. The van der Waals surface area contributed by atoms with Crippen LogP contribution in [0.3, 0.4) is 0 Å². The molecule has 0 saturated heterocycles. The van der Waals surface area contributed by atoms with Gasteiger partial charge in [-0.25, -0.2) is 4.98 Å². The Morgan fingerprint density at radius 3 is 2.86 bits per heavy atom. The Morgan fingerprint density at radius 1 is 1.50 bits per heavy atom. The van der Waals surface area contributed by atoms with Gasteiger partial charge < -0.3 is 5.32 Å². The first-order valence-electron chi connectivity index (χ1n) is 5.17. The molecule has 0 aliphatic heterocycles. The summed E-state index contributed by atoms with van der Waals surface area (Å²) in [6, 6.07) is 3.70. The largest absolute Gasteiger partial charge is 0.381 e. The zero-order chi connectivity index (χ0) is 9.97. The Bertz CT molecular complexity index is 295. The van der Waals surface area contributed by atoms with E-state index in [9.17, 15) is 4.39 Å². The van der Waals surface area contributed by atoms with E-state index in [0.717, 1.165) is 11.6 Å². The van der Waals surface area contributed by atoms with E-state index >= 15 is 0 Å². The van der Waals surface area contributed by atoms with E-state index in [1.165, 1.54) is 25.3 Å². The molecule has 1 aromatic rings. The summed E-state index contributed by atoms with van der Waals surface area (Å²) in [6.45, 7) is 2.21. The van der Waals surface area contributed by atoms with Gasteiger partial charge in [-0.2, -0.15) is 4.39 Å². The maximum absolute atomic E-state index is 12.5. The topological polar surface area (TPSA) is 24.9 Å². The average Bonchev–Trinajstić information content (AvgIpc) is 2.16. The lowest BCUT2D eigenvalue weighted by Gasteiger charge is -2.37. The van der Waals surface area contributed by atoms with Crippen molar-refractivity contribution in [2.75, 3.05) is 5.32 Å². The lowest BCUT2D eigenvalue weighted by molar-refractivity contribution is 0.269. The first kappa shape index (κ1) is 9.44. The second kappa shape index (κ2) is 3.95. The molecule has 14 heavy (non-hydrogen) atoms. The third-order valence-corrected chi connectivity index (χ3v) is 3.02.